The lowest BCUT2D eigenvalue weighted by Crippen LogP contribution is -2.32. The van der Waals surface area contributed by atoms with Crippen molar-refractivity contribution in [3.05, 3.63) is 65.4 Å². The second kappa shape index (κ2) is 4.54. The third-order valence-corrected chi connectivity index (χ3v) is 3.93. The van der Waals surface area contributed by atoms with Crippen molar-refractivity contribution in [2.75, 3.05) is 10.2 Å². The van der Waals surface area contributed by atoms with E-state index in [1.54, 1.807) is 48.5 Å². The van der Waals surface area contributed by atoms with Crippen molar-refractivity contribution in [3.8, 4) is 0 Å². The molecule has 2 aromatic carbocycles. The monoisotopic (exact) mass is 306 g/mol. The van der Waals surface area contributed by atoms with Crippen molar-refractivity contribution in [1.29, 1.82) is 0 Å². The molecule has 0 radical (unpaired) electrons. The Morgan fingerprint density at radius 1 is 0.957 bits per heavy atom. The van der Waals surface area contributed by atoms with Crippen molar-refractivity contribution >= 4 is 34.7 Å². The summed E-state index contributed by atoms with van der Waals surface area (Å²) in [6.45, 7) is 0. The summed E-state index contributed by atoms with van der Waals surface area (Å²) in [4.78, 5) is 37.2. The minimum Gasteiger partial charge on any atom is -0.464 e. The lowest BCUT2D eigenvalue weighted by molar-refractivity contribution is -0.112. The molecule has 2 amide bonds. The van der Waals surface area contributed by atoms with Gasteiger partial charge in [-0.1, -0.05) is 30.3 Å². The molecule has 0 fully saturated rings. The first-order valence-corrected chi connectivity index (χ1v) is 6.91. The topological polar surface area (TPSA) is 86.7 Å². The second-order valence-electron chi connectivity index (χ2n) is 5.19. The highest BCUT2D eigenvalue weighted by molar-refractivity contribution is 6.43. The van der Waals surface area contributed by atoms with E-state index in [1.165, 1.54) is 0 Å². The maximum absolute atomic E-state index is 12.6. The van der Waals surface area contributed by atoms with Gasteiger partial charge in [0.05, 0.1) is 11.3 Å². The van der Waals surface area contributed by atoms with Crippen molar-refractivity contribution in [2.45, 2.75) is 0 Å². The molecule has 6 heteroatoms. The molecule has 6 nitrogen and oxygen atoms in total. The van der Waals surface area contributed by atoms with Crippen LogP contribution < -0.4 is 10.2 Å². The van der Waals surface area contributed by atoms with Crippen LogP contribution in [0.4, 0.5) is 16.2 Å². The molecule has 0 saturated heterocycles. The first-order valence-electron chi connectivity index (χ1n) is 6.91. The molecule has 23 heavy (non-hydrogen) atoms. The van der Waals surface area contributed by atoms with Crippen LogP contribution in [0.2, 0.25) is 0 Å². The Morgan fingerprint density at radius 3 is 2.30 bits per heavy atom. The number of Topliss-reactive ketones (excluding diaryl/α,β-unsaturated/α-hetero) is 1. The number of hydrogen-bond donors (Lipinski definition) is 2. The van der Waals surface area contributed by atoms with E-state index in [9.17, 15) is 19.5 Å². The van der Waals surface area contributed by atoms with Gasteiger partial charge in [0.25, 0.3) is 5.91 Å². The number of para-hydroxylation sites is 2. The number of rotatable bonds is 0. The number of benzene rings is 2. The van der Waals surface area contributed by atoms with Crippen molar-refractivity contribution < 1.29 is 19.5 Å². The zero-order valence-corrected chi connectivity index (χ0v) is 11.7. The van der Waals surface area contributed by atoms with Gasteiger partial charge in [0.2, 0.25) is 5.78 Å². The third kappa shape index (κ3) is 1.72. The number of nitrogens with zero attached hydrogens (tertiary/aromatic N) is 1. The Kier molecular flexibility index (Phi) is 2.62. The SMILES string of the molecule is O=C1/C(=C2/C(=O)N(C(=O)O)c3ccccc32)Nc2ccccc21. The lowest BCUT2D eigenvalue weighted by atomic mass is 10.0. The molecule has 0 atom stereocenters. The molecule has 4 rings (SSSR count). The maximum Gasteiger partial charge on any atom is 0.419 e. The fourth-order valence-electron chi connectivity index (χ4n) is 2.94. The van der Waals surface area contributed by atoms with E-state index >= 15 is 0 Å². The predicted octanol–water partition coefficient (Wildman–Crippen LogP) is 2.73. The highest BCUT2D eigenvalue weighted by Gasteiger charge is 2.41. The van der Waals surface area contributed by atoms with Gasteiger partial charge in [-0.15, -0.1) is 0 Å². The molecule has 2 heterocycles. The smallest absolute Gasteiger partial charge is 0.419 e. The third-order valence-electron chi connectivity index (χ3n) is 3.93. The molecule has 0 spiro atoms. The Balaban J connectivity index is 1.96. The Morgan fingerprint density at radius 2 is 1.61 bits per heavy atom. The maximum atomic E-state index is 12.6. The normalized spacial score (nSPS) is 18.7. The van der Waals surface area contributed by atoms with Gasteiger partial charge in [-0.25, -0.2) is 9.69 Å². The fourth-order valence-corrected chi connectivity index (χ4v) is 2.94. The van der Waals surface area contributed by atoms with Crippen LogP contribution in [-0.2, 0) is 4.79 Å². The van der Waals surface area contributed by atoms with Gasteiger partial charge in [-0.3, -0.25) is 9.59 Å². The number of hydrogen-bond acceptors (Lipinski definition) is 4. The van der Waals surface area contributed by atoms with Crippen molar-refractivity contribution in [2.24, 2.45) is 0 Å². The largest absolute Gasteiger partial charge is 0.464 e. The standard InChI is InChI=1S/C17H10N2O4/c20-15-9-5-1-3-7-11(9)18-14(15)13-10-6-2-4-8-12(10)19(16(13)21)17(22)23/h1-8,18H,(H,22,23)/b14-13-. The van der Waals surface area contributed by atoms with Crippen LogP contribution in [0.3, 0.4) is 0 Å². The molecule has 0 unspecified atom stereocenters. The van der Waals surface area contributed by atoms with E-state index < -0.39 is 12.0 Å². The number of carboxylic acid groups (broad SMARTS) is 1. The Labute approximate surface area is 130 Å². The number of allylic oxidation sites excluding steroid dienone is 1. The molecule has 112 valence electrons. The number of anilines is 2. The van der Waals surface area contributed by atoms with Crippen LogP contribution in [0, 0.1) is 0 Å². The Bertz CT molecular complexity index is 930. The lowest BCUT2D eigenvalue weighted by Gasteiger charge is -2.09. The zero-order valence-electron chi connectivity index (χ0n) is 11.7. The second-order valence-corrected chi connectivity index (χ2v) is 5.19. The van der Waals surface area contributed by atoms with Gasteiger partial charge in [-0.2, -0.15) is 0 Å². The van der Waals surface area contributed by atoms with Crippen LogP contribution in [-0.4, -0.2) is 22.9 Å². The van der Waals surface area contributed by atoms with Crippen LogP contribution in [0.25, 0.3) is 5.57 Å². The van der Waals surface area contributed by atoms with Crippen LogP contribution in [0.15, 0.2) is 54.2 Å². The summed E-state index contributed by atoms with van der Waals surface area (Å²) >= 11 is 0. The van der Waals surface area contributed by atoms with E-state index in [0.29, 0.717) is 21.7 Å². The first kappa shape index (κ1) is 13.3. The van der Waals surface area contributed by atoms with Gasteiger partial charge in [0.1, 0.15) is 5.70 Å². The number of carbonyl (C=O) groups excluding carboxylic acids is 2. The predicted molar refractivity (Wildman–Crippen MR) is 83.3 cm³/mol. The first-order chi connectivity index (χ1) is 11.1. The number of carbonyl (C=O) groups is 3. The Hall–Kier alpha value is -3.41. The molecule has 0 saturated carbocycles. The van der Waals surface area contributed by atoms with Gasteiger partial charge in [0, 0.05) is 16.8 Å². The van der Waals surface area contributed by atoms with Crippen LogP contribution >= 0.6 is 0 Å². The van der Waals surface area contributed by atoms with Crippen molar-refractivity contribution in [3.63, 3.8) is 0 Å². The summed E-state index contributed by atoms with van der Waals surface area (Å²) in [6, 6.07) is 13.4. The fraction of sp³-hybridized carbons (Fsp3) is 0. The number of nitrogens with one attached hydrogen (secondary N) is 1. The summed E-state index contributed by atoms with van der Waals surface area (Å²) < 4.78 is 0. The molecule has 0 aromatic heterocycles. The molecular weight excluding hydrogens is 296 g/mol. The molecular formula is C17H10N2O4. The molecule has 2 aliphatic heterocycles. The van der Waals surface area contributed by atoms with Gasteiger partial charge in [0.15, 0.2) is 0 Å². The van der Waals surface area contributed by atoms with E-state index in [-0.39, 0.29) is 22.7 Å². The summed E-state index contributed by atoms with van der Waals surface area (Å²) in [5, 5.41) is 12.3. The number of fused-ring (bicyclic) bond motifs is 2. The summed E-state index contributed by atoms with van der Waals surface area (Å²) in [5.41, 5.74) is 1.98. The highest BCUT2D eigenvalue weighted by atomic mass is 16.4. The zero-order chi connectivity index (χ0) is 16.1. The van der Waals surface area contributed by atoms with Crippen LogP contribution in [0.1, 0.15) is 15.9 Å². The van der Waals surface area contributed by atoms with Crippen molar-refractivity contribution in [1.82, 2.24) is 0 Å². The number of ketones is 1. The molecule has 2 aromatic rings. The van der Waals surface area contributed by atoms with E-state index in [1.807, 2.05) is 0 Å². The summed E-state index contributed by atoms with van der Waals surface area (Å²) in [5.74, 6) is -1.03. The van der Waals surface area contributed by atoms with Gasteiger partial charge < -0.3 is 10.4 Å². The number of imide groups is 1. The molecule has 2 N–H and O–H groups in total. The number of amides is 2. The average Bonchev–Trinajstić information content (AvgIpc) is 3.01. The minimum atomic E-state index is -1.37. The summed E-state index contributed by atoms with van der Waals surface area (Å²) in [7, 11) is 0. The molecule has 0 bridgehead atoms. The quantitative estimate of drug-likeness (QED) is 0.731. The highest BCUT2D eigenvalue weighted by Crippen LogP contribution is 2.41. The van der Waals surface area contributed by atoms with E-state index in [4.69, 9.17) is 0 Å². The van der Waals surface area contributed by atoms with Gasteiger partial charge in [-0.05, 0) is 18.2 Å². The van der Waals surface area contributed by atoms with Crippen LogP contribution in [0.5, 0.6) is 0 Å². The minimum absolute atomic E-state index is 0.0872. The molecule has 0 aliphatic carbocycles. The molecule has 2 aliphatic rings. The van der Waals surface area contributed by atoms with E-state index in [0.717, 1.165) is 0 Å². The summed E-state index contributed by atoms with van der Waals surface area (Å²) in [6.07, 6.45) is -1.37. The van der Waals surface area contributed by atoms with Gasteiger partial charge >= 0.3 is 6.09 Å². The van der Waals surface area contributed by atoms with E-state index in [2.05, 4.69) is 5.32 Å². The average molecular weight is 306 g/mol.